The van der Waals surface area contributed by atoms with E-state index in [2.05, 4.69) is 14.9 Å². The number of carbonyl (C=O) groups is 1. The van der Waals surface area contributed by atoms with E-state index >= 15 is 0 Å². The highest BCUT2D eigenvalue weighted by atomic mass is 19.1. The predicted molar refractivity (Wildman–Crippen MR) is 108 cm³/mol. The molecule has 1 saturated heterocycles. The number of rotatable bonds is 4. The Balaban J connectivity index is 1.44. The molecule has 0 aliphatic carbocycles. The topological polar surface area (TPSA) is 58.6 Å². The van der Waals surface area contributed by atoms with Crippen LogP contribution in [0.25, 0.3) is 0 Å². The first-order valence-electron chi connectivity index (χ1n) is 9.46. The van der Waals surface area contributed by atoms with Crippen LogP contribution in [0.3, 0.4) is 0 Å². The monoisotopic (exact) mass is 392 g/mol. The highest BCUT2D eigenvalue weighted by Gasteiger charge is 2.28. The van der Waals surface area contributed by atoms with Gasteiger partial charge in [-0.15, -0.1) is 0 Å². The maximum atomic E-state index is 13.1. The van der Waals surface area contributed by atoms with Crippen molar-refractivity contribution in [2.75, 3.05) is 24.5 Å². The van der Waals surface area contributed by atoms with Crippen molar-refractivity contribution in [2.24, 2.45) is 0 Å². The molecule has 1 aliphatic rings. The van der Waals surface area contributed by atoms with E-state index in [0.29, 0.717) is 36.8 Å². The first-order valence-corrected chi connectivity index (χ1v) is 9.46. The van der Waals surface area contributed by atoms with Crippen LogP contribution in [0.15, 0.2) is 67.0 Å². The highest BCUT2D eigenvalue weighted by molar-refractivity contribution is 5.94. The summed E-state index contributed by atoms with van der Waals surface area (Å²) >= 11 is 0. The second-order valence-electron chi connectivity index (χ2n) is 6.93. The zero-order valence-corrected chi connectivity index (χ0v) is 16.0. The molecule has 1 unspecified atom stereocenters. The summed E-state index contributed by atoms with van der Waals surface area (Å²) in [5.41, 5.74) is 0.699. The van der Waals surface area contributed by atoms with Gasteiger partial charge in [0.2, 0.25) is 5.88 Å². The molecule has 6 nitrogen and oxygen atoms in total. The Morgan fingerprint density at radius 3 is 2.55 bits per heavy atom. The standard InChI is InChI=1S/C22H21FN4O2/c1-16-14-26(11-12-27(16)22(28)17-5-3-2-4-6-17)20-13-21(25-15-24-20)29-19-9-7-18(23)8-10-19/h2-10,13,15-16H,11-12,14H2,1H3. The number of amides is 1. The van der Waals surface area contributed by atoms with Gasteiger partial charge in [-0.1, -0.05) is 18.2 Å². The molecular formula is C22H21FN4O2. The summed E-state index contributed by atoms with van der Waals surface area (Å²) in [6.07, 6.45) is 1.44. The average molecular weight is 392 g/mol. The van der Waals surface area contributed by atoms with Gasteiger partial charge in [-0.2, -0.15) is 0 Å². The van der Waals surface area contributed by atoms with Crippen LogP contribution in [-0.4, -0.2) is 46.5 Å². The molecule has 0 bridgehead atoms. The molecule has 148 valence electrons. The smallest absolute Gasteiger partial charge is 0.254 e. The number of benzene rings is 2. The Morgan fingerprint density at radius 2 is 1.83 bits per heavy atom. The number of hydrogen-bond donors (Lipinski definition) is 0. The molecule has 1 amide bonds. The summed E-state index contributed by atoms with van der Waals surface area (Å²) in [6.45, 7) is 3.96. The van der Waals surface area contributed by atoms with Crippen LogP contribution in [0.1, 0.15) is 17.3 Å². The summed E-state index contributed by atoms with van der Waals surface area (Å²) < 4.78 is 18.7. The number of ether oxygens (including phenoxy) is 1. The van der Waals surface area contributed by atoms with Crippen LogP contribution in [0.4, 0.5) is 10.2 Å². The molecule has 1 atom stereocenters. The van der Waals surface area contributed by atoms with Crippen molar-refractivity contribution in [1.29, 1.82) is 0 Å². The van der Waals surface area contributed by atoms with Crippen LogP contribution in [0.2, 0.25) is 0 Å². The third-order valence-corrected chi connectivity index (χ3v) is 4.90. The second kappa shape index (κ2) is 8.26. The van der Waals surface area contributed by atoms with E-state index in [-0.39, 0.29) is 17.8 Å². The van der Waals surface area contributed by atoms with Crippen LogP contribution in [0.5, 0.6) is 11.6 Å². The fourth-order valence-electron chi connectivity index (χ4n) is 3.40. The Hall–Kier alpha value is -3.48. The van der Waals surface area contributed by atoms with Crippen molar-refractivity contribution in [2.45, 2.75) is 13.0 Å². The van der Waals surface area contributed by atoms with Crippen LogP contribution in [0, 0.1) is 5.82 Å². The lowest BCUT2D eigenvalue weighted by atomic mass is 10.1. The molecule has 0 saturated carbocycles. The van der Waals surface area contributed by atoms with Crippen molar-refractivity contribution in [3.05, 3.63) is 78.4 Å². The van der Waals surface area contributed by atoms with Gasteiger partial charge >= 0.3 is 0 Å². The number of hydrogen-bond acceptors (Lipinski definition) is 5. The van der Waals surface area contributed by atoms with E-state index in [0.717, 1.165) is 5.82 Å². The van der Waals surface area contributed by atoms with Crippen molar-refractivity contribution >= 4 is 11.7 Å². The summed E-state index contributed by atoms with van der Waals surface area (Å²) in [4.78, 5) is 25.3. The first-order chi connectivity index (χ1) is 14.1. The average Bonchev–Trinajstić information content (AvgIpc) is 2.76. The Morgan fingerprint density at radius 1 is 1.07 bits per heavy atom. The van der Waals surface area contributed by atoms with Crippen molar-refractivity contribution in [1.82, 2.24) is 14.9 Å². The lowest BCUT2D eigenvalue weighted by Crippen LogP contribution is -2.54. The van der Waals surface area contributed by atoms with E-state index < -0.39 is 0 Å². The molecule has 4 rings (SSSR count). The van der Waals surface area contributed by atoms with Gasteiger partial charge in [0.25, 0.3) is 5.91 Å². The SMILES string of the molecule is CC1CN(c2cc(Oc3ccc(F)cc3)ncn2)CCN1C(=O)c1ccccc1. The third-order valence-electron chi connectivity index (χ3n) is 4.90. The Kier molecular flexibility index (Phi) is 5.37. The van der Waals surface area contributed by atoms with Crippen molar-refractivity contribution < 1.29 is 13.9 Å². The molecule has 2 aromatic carbocycles. The fraction of sp³-hybridized carbons (Fsp3) is 0.227. The largest absolute Gasteiger partial charge is 0.439 e. The molecule has 1 aromatic heterocycles. The fourth-order valence-corrected chi connectivity index (χ4v) is 3.40. The van der Waals surface area contributed by atoms with Crippen LogP contribution >= 0.6 is 0 Å². The number of aromatic nitrogens is 2. The van der Waals surface area contributed by atoms with Gasteiger partial charge in [0.1, 0.15) is 23.7 Å². The molecule has 0 N–H and O–H groups in total. The molecule has 1 fully saturated rings. The van der Waals surface area contributed by atoms with E-state index in [1.165, 1.54) is 18.5 Å². The molecule has 2 heterocycles. The van der Waals surface area contributed by atoms with Gasteiger partial charge in [-0.25, -0.2) is 14.4 Å². The Bertz CT molecular complexity index is 982. The normalized spacial score (nSPS) is 16.6. The van der Waals surface area contributed by atoms with Gasteiger partial charge in [-0.05, 0) is 43.3 Å². The maximum absolute atomic E-state index is 13.1. The van der Waals surface area contributed by atoms with E-state index in [4.69, 9.17) is 4.74 Å². The van der Waals surface area contributed by atoms with E-state index in [1.807, 2.05) is 42.2 Å². The number of anilines is 1. The van der Waals surface area contributed by atoms with Gasteiger partial charge in [0.15, 0.2) is 0 Å². The van der Waals surface area contributed by atoms with E-state index in [1.54, 1.807) is 18.2 Å². The summed E-state index contributed by atoms with van der Waals surface area (Å²) in [5.74, 6) is 1.34. The molecule has 0 radical (unpaired) electrons. The number of carbonyl (C=O) groups excluding carboxylic acids is 1. The number of halogens is 1. The quantitative estimate of drug-likeness (QED) is 0.677. The van der Waals surface area contributed by atoms with Crippen LogP contribution in [-0.2, 0) is 0 Å². The predicted octanol–water partition coefficient (Wildman–Crippen LogP) is 3.76. The summed E-state index contributed by atoms with van der Waals surface area (Å²) in [5, 5.41) is 0. The molecule has 0 spiro atoms. The zero-order valence-electron chi connectivity index (χ0n) is 16.0. The lowest BCUT2D eigenvalue weighted by Gasteiger charge is -2.40. The minimum Gasteiger partial charge on any atom is -0.439 e. The van der Waals surface area contributed by atoms with E-state index in [9.17, 15) is 9.18 Å². The minimum atomic E-state index is -0.322. The second-order valence-corrected chi connectivity index (χ2v) is 6.93. The number of piperazine rings is 1. The summed E-state index contributed by atoms with van der Waals surface area (Å²) in [6, 6.07) is 16.9. The highest BCUT2D eigenvalue weighted by Crippen LogP contribution is 2.24. The third kappa shape index (κ3) is 4.34. The van der Waals surface area contributed by atoms with Gasteiger partial charge in [0.05, 0.1) is 0 Å². The molecular weight excluding hydrogens is 371 g/mol. The molecule has 3 aromatic rings. The molecule has 1 aliphatic heterocycles. The van der Waals surface area contributed by atoms with Crippen molar-refractivity contribution in [3.63, 3.8) is 0 Å². The summed E-state index contributed by atoms with van der Waals surface area (Å²) in [7, 11) is 0. The van der Waals surface area contributed by atoms with Gasteiger partial charge in [0, 0.05) is 37.3 Å². The molecule has 29 heavy (non-hydrogen) atoms. The molecule has 7 heteroatoms. The Labute approximate surface area is 168 Å². The number of nitrogens with zero attached hydrogens (tertiary/aromatic N) is 4. The van der Waals surface area contributed by atoms with Gasteiger partial charge < -0.3 is 14.5 Å². The first kappa shape index (κ1) is 18.9. The maximum Gasteiger partial charge on any atom is 0.254 e. The minimum absolute atomic E-state index is 0.0351. The zero-order chi connectivity index (χ0) is 20.2. The lowest BCUT2D eigenvalue weighted by molar-refractivity contribution is 0.0673. The van der Waals surface area contributed by atoms with Gasteiger partial charge in [-0.3, -0.25) is 4.79 Å². The van der Waals surface area contributed by atoms with Crippen LogP contribution < -0.4 is 9.64 Å². The van der Waals surface area contributed by atoms with Crippen molar-refractivity contribution in [3.8, 4) is 11.6 Å².